The summed E-state index contributed by atoms with van der Waals surface area (Å²) in [7, 11) is -9.82. The number of carbonyl (C=O) groups is 3. The smallest absolute Gasteiger partial charge is 0.463 e. The van der Waals surface area contributed by atoms with Crippen molar-refractivity contribution in [3.05, 3.63) is 158 Å². The molecule has 0 saturated heterocycles. The molecule has 0 radical (unpaired) electrons. The van der Waals surface area contributed by atoms with E-state index in [0.717, 1.165) is 173 Å². The van der Waals surface area contributed by atoms with Crippen LogP contribution >= 0.6 is 15.6 Å². The molecule has 0 aliphatic carbocycles. The Morgan fingerprint density at radius 2 is 0.477 bits per heavy atom. The van der Waals surface area contributed by atoms with Crippen molar-refractivity contribution in [1.82, 2.24) is 0 Å². The van der Waals surface area contributed by atoms with Crippen LogP contribution in [-0.2, 0) is 55.8 Å². The Hall–Kier alpha value is -4.83. The summed E-state index contributed by atoms with van der Waals surface area (Å²) in [6.07, 6.45) is 107. The van der Waals surface area contributed by atoms with E-state index < -0.39 is 91.5 Å². The number of ether oxygens (including phenoxy) is 3. The summed E-state index contributed by atoms with van der Waals surface area (Å²) in [4.78, 5) is 58.9. The third kappa shape index (κ3) is 85.9. The fourth-order valence-corrected chi connectivity index (χ4v) is 13.2. The highest BCUT2D eigenvalue weighted by atomic mass is 31.2. The number of carbonyl (C=O) groups excluding carboxylic acids is 3. The first-order valence-electron chi connectivity index (χ1n) is 43.8. The van der Waals surface area contributed by atoms with E-state index in [1.165, 1.54) is 122 Å². The minimum absolute atomic E-state index is 0.0769. The highest BCUT2D eigenvalue weighted by Gasteiger charge is 2.29. The van der Waals surface area contributed by atoms with Gasteiger partial charge in [0.2, 0.25) is 0 Å². The topological polar surface area (TPSA) is 231 Å². The van der Waals surface area contributed by atoms with Crippen LogP contribution in [0.3, 0.4) is 0 Å². The predicted octanol–water partition coefficient (Wildman–Crippen LogP) is 26.5. The van der Waals surface area contributed by atoms with Crippen LogP contribution in [0.15, 0.2) is 158 Å². The molecule has 4 N–H and O–H groups in total. The van der Waals surface area contributed by atoms with Gasteiger partial charge in [-0.1, -0.05) is 339 Å². The van der Waals surface area contributed by atoms with Gasteiger partial charge in [-0.05, 0) is 154 Å². The second kappa shape index (κ2) is 84.6. The van der Waals surface area contributed by atoms with Gasteiger partial charge in [-0.15, -0.1) is 0 Å². The number of aliphatic hydroxyl groups excluding tert-OH is 2. The normalized spacial score (nSPS) is 14.6. The highest BCUT2D eigenvalue weighted by Crippen LogP contribution is 2.45. The summed E-state index contributed by atoms with van der Waals surface area (Å²) in [6.45, 7) is 2.51. The molecule has 0 aromatic carbocycles. The average molecular weight is 1590 g/mol. The maximum Gasteiger partial charge on any atom is 0.472 e. The lowest BCUT2D eigenvalue weighted by molar-refractivity contribution is -0.161. The number of rotatable bonds is 82. The first kappa shape index (κ1) is 106. The Morgan fingerprint density at radius 1 is 0.261 bits per heavy atom. The molecule has 0 aliphatic heterocycles. The fourth-order valence-electron chi connectivity index (χ4n) is 11.6. The largest absolute Gasteiger partial charge is 0.472 e. The SMILES string of the molecule is CC/C=C\C/C=C\C/C=C\C/C=C\C/C=C\CCCCCCCCCCCCCCCCCC(=O)OCC(O)COP(=O)(O)OCC(O)COP(=O)(O)OCC(COC(=O)CCCCCCCCC/C=C\C/C=C\C/C=C\C/C=C\CCCCC)OC(=O)CCCCCCC/C=C\C/C=C\C/C=C\C/C=C\CCCCC. The molecular formula is C93H158O16P2. The summed E-state index contributed by atoms with van der Waals surface area (Å²) < 4.78 is 61.4. The van der Waals surface area contributed by atoms with E-state index in [0.29, 0.717) is 19.3 Å². The second-order valence-corrected chi connectivity index (χ2v) is 31.9. The van der Waals surface area contributed by atoms with Gasteiger partial charge in [0.15, 0.2) is 6.10 Å². The number of hydrogen-bond donors (Lipinski definition) is 4. The van der Waals surface area contributed by atoms with Crippen LogP contribution < -0.4 is 0 Å². The van der Waals surface area contributed by atoms with Gasteiger partial charge in [-0.3, -0.25) is 32.5 Å². The molecule has 16 nitrogen and oxygen atoms in total. The van der Waals surface area contributed by atoms with Crippen LogP contribution in [0.1, 0.15) is 355 Å². The molecule has 0 amide bonds. The summed E-state index contributed by atoms with van der Waals surface area (Å²) in [5.41, 5.74) is 0. The molecule has 0 aromatic rings. The van der Waals surface area contributed by atoms with Gasteiger partial charge in [0.1, 0.15) is 25.4 Å². The molecule has 0 fully saturated rings. The molecule has 0 aliphatic rings. The van der Waals surface area contributed by atoms with Gasteiger partial charge in [0.05, 0.1) is 26.4 Å². The zero-order chi connectivity index (χ0) is 80.8. The Labute approximate surface area is 676 Å². The van der Waals surface area contributed by atoms with Crippen molar-refractivity contribution >= 4 is 33.6 Å². The lowest BCUT2D eigenvalue weighted by atomic mass is 10.0. The van der Waals surface area contributed by atoms with E-state index >= 15 is 0 Å². The fraction of sp³-hybridized carbons (Fsp3) is 0.688. The zero-order valence-electron chi connectivity index (χ0n) is 69.8. The molecule has 5 unspecified atom stereocenters. The molecule has 0 aromatic heterocycles. The molecule has 0 rings (SSSR count). The Balaban J connectivity index is 4.61. The van der Waals surface area contributed by atoms with Crippen LogP contribution in [0.25, 0.3) is 0 Å². The first-order valence-corrected chi connectivity index (χ1v) is 46.8. The average Bonchev–Trinajstić information content (AvgIpc) is 0.900. The molecule has 5 atom stereocenters. The highest BCUT2D eigenvalue weighted by molar-refractivity contribution is 7.47. The Morgan fingerprint density at radius 3 is 0.757 bits per heavy atom. The number of esters is 3. The maximum absolute atomic E-state index is 13.0. The van der Waals surface area contributed by atoms with Crippen molar-refractivity contribution in [3.8, 4) is 0 Å². The number of aliphatic hydroxyl groups is 2. The van der Waals surface area contributed by atoms with Gasteiger partial charge in [0, 0.05) is 19.3 Å². The van der Waals surface area contributed by atoms with Gasteiger partial charge < -0.3 is 34.2 Å². The standard InChI is InChI=1S/C93H158O16P2/c1-4-7-10-13-16-19-22-25-28-31-34-37-39-40-41-42-43-44-45-46-48-51-52-55-58-61-64-67-70-73-76-79-91(96)103-82-88(94)83-105-110(99,100)106-84-89(95)85-107-111(101,102)108-87-90(109-93(98)81-78-75-72-69-66-63-60-57-54-49-36-33-30-27-24-21-18-15-12-9-6-3)86-104-92(97)80-77-74-71-68-65-62-59-56-53-50-47-38-35-32-29-26-23-20-17-14-11-8-5-2/h7,10,16-21,25-30,34-38,40-41,49-50,53,57,60,88-90,94-95H,4-6,8-9,11-15,22-24,31-33,39,42-48,51-52,54-56,58-59,61-87H2,1-3H3,(H,99,100)(H,101,102)/b10-7-,19-16-,20-17-,21-18-,28-25-,29-26-,30-27-,37-34-,38-35-,41-40-,49-36-,53-50-,60-57-. The Kier molecular flexibility index (Phi) is 80.9. The zero-order valence-corrected chi connectivity index (χ0v) is 71.6. The molecule has 111 heavy (non-hydrogen) atoms. The van der Waals surface area contributed by atoms with E-state index in [4.69, 9.17) is 32.3 Å². The van der Waals surface area contributed by atoms with Crippen LogP contribution in [0.4, 0.5) is 0 Å². The monoisotopic (exact) mass is 1590 g/mol. The van der Waals surface area contributed by atoms with Crippen LogP contribution in [0, 0.1) is 0 Å². The number of allylic oxidation sites excluding steroid dienone is 26. The summed E-state index contributed by atoms with van der Waals surface area (Å²) in [5, 5.41) is 20.7. The van der Waals surface area contributed by atoms with Crippen molar-refractivity contribution < 1.29 is 75.8 Å². The van der Waals surface area contributed by atoms with E-state index in [9.17, 15) is 43.5 Å². The van der Waals surface area contributed by atoms with Crippen molar-refractivity contribution in [3.63, 3.8) is 0 Å². The van der Waals surface area contributed by atoms with Gasteiger partial charge >= 0.3 is 33.6 Å². The molecule has 0 saturated carbocycles. The third-order valence-electron chi connectivity index (χ3n) is 18.2. The second-order valence-electron chi connectivity index (χ2n) is 29.0. The molecule has 0 spiro atoms. The third-order valence-corrected chi connectivity index (χ3v) is 20.1. The van der Waals surface area contributed by atoms with Crippen molar-refractivity contribution in [2.75, 3.05) is 39.6 Å². The molecule has 636 valence electrons. The predicted molar refractivity (Wildman–Crippen MR) is 463 cm³/mol. The van der Waals surface area contributed by atoms with Crippen LogP contribution in [-0.4, -0.2) is 95.9 Å². The number of phosphoric ester groups is 2. The summed E-state index contributed by atoms with van der Waals surface area (Å²) in [5.74, 6) is -1.60. The van der Waals surface area contributed by atoms with E-state index in [2.05, 4.69) is 179 Å². The summed E-state index contributed by atoms with van der Waals surface area (Å²) in [6, 6.07) is 0. The Bertz CT molecular complexity index is 2650. The number of phosphoric acid groups is 2. The van der Waals surface area contributed by atoms with Crippen LogP contribution in [0.5, 0.6) is 0 Å². The number of unbranched alkanes of at least 4 members (excludes halogenated alkanes) is 33. The van der Waals surface area contributed by atoms with Gasteiger partial charge in [-0.2, -0.15) is 0 Å². The minimum Gasteiger partial charge on any atom is -0.463 e. The molecule has 0 bridgehead atoms. The van der Waals surface area contributed by atoms with E-state index in [-0.39, 0.29) is 19.3 Å². The van der Waals surface area contributed by atoms with Crippen molar-refractivity contribution in [1.29, 1.82) is 0 Å². The first-order chi connectivity index (χ1) is 54.2. The molecular weight excluding hydrogens is 1430 g/mol. The molecule has 0 heterocycles. The van der Waals surface area contributed by atoms with Gasteiger partial charge in [0.25, 0.3) is 0 Å². The van der Waals surface area contributed by atoms with Gasteiger partial charge in [-0.25, -0.2) is 9.13 Å². The minimum atomic E-state index is -4.95. The lowest BCUT2D eigenvalue weighted by Crippen LogP contribution is -2.30. The van der Waals surface area contributed by atoms with Crippen molar-refractivity contribution in [2.24, 2.45) is 0 Å². The lowest BCUT2D eigenvalue weighted by Gasteiger charge is -2.21. The quantitative estimate of drug-likeness (QED) is 0.0146. The van der Waals surface area contributed by atoms with E-state index in [1.807, 2.05) is 0 Å². The summed E-state index contributed by atoms with van der Waals surface area (Å²) >= 11 is 0. The van der Waals surface area contributed by atoms with E-state index in [1.54, 1.807) is 0 Å². The maximum atomic E-state index is 13.0. The number of hydrogen-bond acceptors (Lipinski definition) is 14. The van der Waals surface area contributed by atoms with Crippen LogP contribution in [0.2, 0.25) is 0 Å². The molecule has 18 heteroatoms. The van der Waals surface area contributed by atoms with Crippen molar-refractivity contribution in [2.45, 2.75) is 373 Å².